The van der Waals surface area contributed by atoms with Gasteiger partial charge in [0, 0.05) is 34.0 Å². The van der Waals surface area contributed by atoms with Gasteiger partial charge in [0.2, 0.25) is 5.95 Å². The summed E-state index contributed by atoms with van der Waals surface area (Å²) in [4.78, 5) is 8.90. The van der Waals surface area contributed by atoms with E-state index in [1.54, 1.807) is 0 Å². The van der Waals surface area contributed by atoms with Gasteiger partial charge in [0.1, 0.15) is 5.82 Å². The topological polar surface area (TPSA) is 49.8 Å². The van der Waals surface area contributed by atoms with E-state index in [1.165, 1.54) is 0 Å². The minimum absolute atomic E-state index is 0.571. The molecule has 2 aromatic carbocycles. The first-order valence-corrected chi connectivity index (χ1v) is 8.21. The van der Waals surface area contributed by atoms with E-state index in [2.05, 4.69) is 20.6 Å². The number of hydrogen-bond acceptors (Lipinski definition) is 4. The Bertz CT molecular complexity index is 817. The lowest BCUT2D eigenvalue weighted by Gasteiger charge is -2.10. The molecule has 0 aliphatic carbocycles. The van der Waals surface area contributed by atoms with E-state index in [0.717, 1.165) is 27.8 Å². The maximum atomic E-state index is 5.90. The molecule has 3 aromatic rings. The van der Waals surface area contributed by atoms with E-state index in [9.17, 15) is 0 Å². The lowest BCUT2D eigenvalue weighted by Crippen LogP contribution is -2.06. The summed E-state index contributed by atoms with van der Waals surface area (Å²) in [6, 6.07) is 17.0. The molecule has 1 aromatic heterocycles. The lowest BCUT2D eigenvalue weighted by molar-refractivity contribution is 1.03. The molecule has 0 radical (unpaired) electrons. The van der Waals surface area contributed by atoms with Crippen LogP contribution in [0.5, 0.6) is 0 Å². The Balaban J connectivity index is 1.71. The van der Waals surface area contributed by atoms with E-state index in [-0.39, 0.29) is 0 Å². The van der Waals surface area contributed by atoms with Crippen LogP contribution in [0.4, 0.5) is 17.5 Å². The third kappa shape index (κ3) is 4.60. The summed E-state index contributed by atoms with van der Waals surface area (Å²) in [6.07, 6.45) is 0. The summed E-state index contributed by atoms with van der Waals surface area (Å²) in [7, 11) is 0. The fourth-order valence-electron chi connectivity index (χ4n) is 2.18. The third-order valence-corrected chi connectivity index (χ3v) is 3.84. The number of benzene rings is 2. The molecule has 2 N–H and O–H groups in total. The quantitative estimate of drug-likeness (QED) is 0.636. The summed E-state index contributed by atoms with van der Waals surface area (Å²) in [5.41, 5.74) is 2.90. The van der Waals surface area contributed by atoms with E-state index < -0.39 is 0 Å². The first-order chi connectivity index (χ1) is 11.6. The Morgan fingerprint density at radius 3 is 2.17 bits per heavy atom. The molecule has 0 aliphatic rings. The van der Waals surface area contributed by atoms with Crippen molar-refractivity contribution in [3.05, 3.63) is 75.9 Å². The highest BCUT2D eigenvalue weighted by Gasteiger charge is 2.03. The highest BCUT2D eigenvalue weighted by Crippen LogP contribution is 2.19. The van der Waals surface area contributed by atoms with Crippen molar-refractivity contribution in [1.82, 2.24) is 9.97 Å². The van der Waals surface area contributed by atoms with Gasteiger partial charge in [0.05, 0.1) is 0 Å². The van der Waals surface area contributed by atoms with Crippen LogP contribution in [0.15, 0.2) is 54.6 Å². The number of aryl methyl sites for hydroxylation is 1. The standard InChI is InChI=1S/C18H16Cl2N4/c1-12-10-17(23-16-8-6-15(20)7-9-16)24-18(22-12)21-11-13-2-4-14(19)5-3-13/h2-10H,11H2,1H3,(H2,21,22,23,24). The van der Waals surface area contributed by atoms with Crippen LogP contribution in [0.3, 0.4) is 0 Å². The second-order valence-corrected chi connectivity index (χ2v) is 6.20. The van der Waals surface area contributed by atoms with Crippen LogP contribution in [0, 0.1) is 6.92 Å². The minimum Gasteiger partial charge on any atom is -0.350 e. The number of halogens is 2. The van der Waals surface area contributed by atoms with Gasteiger partial charge in [-0.1, -0.05) is 35.3 Å². The summed E-state index contributed by atoms with van der Waals surface area (Å²) in [5, 5.41) is 7.90. The monoisotopic (exact) mass is 358 g/mol. The molecule has 0 aliphatic heterocycles. The molecule has 4 nitrogen and oxygen atoms in total. The zero-order chi connectivity index (χ0) is 16.9. The second-order valence-electron chi connectivity index (χ2n) is 5.33. The maximum absolute atomic E-state index is 5.90. The summed E-state index contributed by atoms with van der Waals surface area (Å²) < 4.78 is 0. The molecule has 122 valence electrons. The van der Waals surface area contributed by atoms with Crippen LogP contribution in [0.1, 0.15) is 11.3 Å². The molecular formula is C18H16Cl2N4. The SMILES string of the molecule is Cc1cc(Nc2ccc(Cl)cc2)nc(NCc2ccc(Cl)cc2)n1. The number of nitrogens with one attached hydrogen (secondary N) is 2. The summed E-state index contributed by atoms with van der Waals surface area (Å²) in [6.45, 7) is 2.56. The largest absolute Gasteiger partial charge is 0.350 e. The van der Waals surface area contributed by atoms with Crippen molar-refractivity contribution in [3.8, 4) is 0 Å². The molecule has 0 saturated heterocycles. The fraction of sp³-hybridized carbons (Fsp3) is 0.111. The van der Waals surface area contributed by atoms with Crippen molar-refractivity contribution in [1.29, 1.82) is 0 Å². The van der Waals surface area contributed by atoms with Crippen LogP contribution in [0.25, 0.3) is 0 Å². The zero-order valence-electron chi connectivity index (χ0n) is 13.1. The first-order valence-electron chi connectivity index (χ1n) is 7.45. The third-order valence-electron chi connectivity index (χ3n) is 3.33. The molecule has 0 atom stereocenters. The molecule has 0 fully saturated rings. The van der Waals surface area contributed by atoms with Gasteiger partial charge in [0.15, 0.2) is 0 Å². The Hall–Kier alpha value is -2.30. The van der Waals surface area contributed by atoms with Crippen molar-refractivity contribution >= 4 is 40.7 Å². The number of nitrogens with zero attached hydrogens (tertiary/aromatic N) is 2. The van der Waals surface area contributed by atoms with Gasteiger partial charge in [-0.05, 0) is 48.9 Å². The predicted molar refractivity (Wildman–Crippen MR) is 100 cm³/mol. The molecule has 0 saturated carbocycles. The lowest BCUT2D eigenvalue weighted by atomic mass is 10.2. The highest BCUT2D eigenvalue weighted by atomic mass is 35.5. The van der Waals surface area contributed by atoms with E-state index in [0.29, 0.717) is 17.5 Å². The van der Waals surface area contributed by atoms with Crippen molar-refractivity contribution in [2.75, 3.05) is 10.6 Å². The molecule has 6 heteroatoms. The summed E-state index contributed by atoms with van der Waals surface area (Å²) in [5.74, 6) is 1.30. The first kappa shape index (κ1) is 16.6. The smallest absolute Gasteiger partial charge is 0.225 e. The average Bonchev–Trinajstić information content (AvgIpc) is 2.56. The van der Waals surface area contributed by atoms with Gasteiger partial charge in [-0.2, -0.15) is 4.98 Å². The molecule has 0 unspecified atom stereocenters. The number of anilines is 3. The van der Waals surface area contributed by atoms with Crippen molar-refractivity contribution in [2.24, 2.45) is 0 Å². The molecular weight excluding hydrogens is 343 g/mol. The van der Waals surface area contributed by atoms with Crippen LogP contribution in [-0.4, -0.2) is 9.97 Å². The predicted octanol–water partition coefficient (Wildman–Crippen LogP) is 5.45. The Morgan fingerprint density at radius 1 is 0.875 bits per heavy atom. The van der Waals surface area contributed by atoms with Crippen LogP contribution in [-0.2, 0) is 6.54 Å². The molecule has 1 heterocycles. The van der Waals surface area contributed by atoms with E-state index in [4.69, 9.17) is 23.2 Å². The van der Waals surface area contributed by atoms with Gasteiger partial charge >= 0.3 is 0 Å². The van der Waals surface area contributed by atoms with E-state index >= 15 is 0 Å². The second kappa shape index (κ2) is 7.51. The Labute approximate surface area is 150 Å². The number of hydrogen-bond donors (Lipinski definition) is 2. The molecule has 0 spiro atoms. The highest BCUT2D eigenvalue weighted by molar-refractivity contribution is 6.30. The average molecular weight is 359 g/mol. The van der Waals surface area contributed by atoms with Crippen molar-refractivity contribution in [2.45, 2.75) is 13.5 Å². The zero-order valence-corrected chi connectivity index (χ0v) is 14.6. The van der Waals surface area contributed by atoms with Gasteiger partial charge in [-0.3, -0.25) is 0 Å². The fourth-order valence-corrected chi connectivity index (χ4v) is 2.43. The molecule has 3 rings (SSSR count). The van der Waals surface area contributed by atoms with Crippen LogP contribution >= 0.6 is 23.2 Å². The van der Waals surface area contributed by atoms with E-state index in [1.807, 2.05) is 61.5 Å². The maximum Gasteiger partial charge on any atom is 0.225 e. The Kier molecular flexibility index (Phi) is 5.18. The molecule has 24 heavy (non-hydrogen) atoms. The van der Waals surface area contributed by atoms with Gasteiger partial charge in [-0.25, -0.2) is 4.98 Å². The molecule has 0 bridgehead atoms. The van der Waals surface area contributed by atoms with Gasteiger partial charge < -0.3 is 10.6 Å². The van der Waals surface area contributed by atoms with Crippen LogP contribution < -0.4 is 10.6 Å². The van der Waals surface area contributed by atoms with Crippen molar-refractivity contribution < 1.29 is 0 Å². The van der Waals surface area contributed by atoms with Gasteiger partial charge in [0.25, 0.3) is 0 Å². The number of rotatable bonds is 5. The Morgan fingerprint density at radius 2 is 1.50 bits per heavy atom. The number of aromatic nitrogens is 2. The minimum atomic E-state index is 0.571. The normalized spacial score (nSPS) is 10.5. The van der Waals surface area contributed by atoms with Crippen LogP contribution in [0.2, 0.25) is 10.0 Å². The van der Waals surface area contributed by atoms with Crippen molar-refractivity contribution in [3.63, 3.8) is 0 Å². The molecule has 0 amide bonds. The van der Waals surface area contributed by atoms with Gasteiger partial charge in [-0.15, -0.1) is 0 Å². The summed E-state index contributed by atoms with van der Waals surface area (Å²) >= 11 is 11.8.